The minimum absolute atomic E-state index is 0.0148. The molecule has 3 fully saturated rings. The molecule has 1 saturated carbocycles. The third-order valence-electron chi connectivity index (χ3n) is 9.56. The van der Waals surface area contributed by atoms with E-state index in [0.717, 1.165) is 68.6 Å². The number of hydrogen-bond donors (Lipinski definition) is 2. The number of piperazine rings is 1. The Labute approximate surface area is 256 Å². The SMILES string of the molecule is CCCCN1C(=O)[C@@H](CC2(O)CCCCC2)NC(=O)C12CCN(Cc1ccc(C(=NOCC)c3ccccc3)cc1)CC2. The Bertz CT molecular complexity index is 1250. The van der Waals surface area contributed by atoms with Crippen molar-refractivity contribution in [2.75, 3.05) is 26.2 Å². The van der Waals surface area contributed by atoms with Crippen molar-refractivity contribution in [1.82, 2.24) is 15.1 Å². The van der Waals surface area contributed by atoms with E-state index in [1.165, 1.54) is 5.56 Å². The van der Waals surface area contributed by atoms with Gasteiger partial charge in [0.15, 0.2) is 0 Å². The van der Waals surface area contributed by atoms with Crippen molar-refractivity contribution in [3.63, 3.8) is 0 Å². The number of amides is 2. The molecule has 3 aliphatic rings. The van der Waals surface area contributed by atoms with E-state index in [1.807, 2.05) is 42.2 Å². The van der Waals surface area contributed by atoms with Crippen LogP contribution >= 0.6 is 0 Å². The Morgan fingerprint density at radius 3 is 2.28 bits per heavy atom. The monoisotopic (exact) mass is 588 g/mol. The fourth-order valence-electron chi connectivity index (χ4n) is 7.05. The second-order valence-corrected chi connectivity index (χ2v) is 12.6. The normalized spacial score (nSPS) is 22.4. The van der Waals surface area contributed by atoms with Gasteiger partial charge in [0.05, 0.1) is 5.60 Å². The molecule has 2 heterocycles. The summed E-state index contributed by atoms with van der Waals surface area (Å²) >= 11 is 0. The van der Waals surface area contributed by atoms with Crippen LogP contribution in [-0.4, -0.2) is 75.9 Å². The highest BCUT2D eigenvalue weighted by Gasteiger charge is 2.54. The third-order valence-corrected chi connectivity index (χ3v) is 9.56. The zero-order valence-corrected chi connectivity index (χ0v) is 25.9. The molecule has 1 aliphatic carbocycles. The number of likely N-dealkylation sites (tertiary alicyclic amines) is 1. The molecule has 232 valence electrons. The maximum absolute atomic E-state index is 13.9. The first-order valence-electron chi connectivity index (χ1n) is 16.3. The van der Waals surface area contributed by atoms with Gasteiger partial charge in [-0.2, -0.15) is 0 Å². The maximum atomic E-state index is 13.9. The summed E-state index contributed by atoms with van der Waals surface area (Å²) < 4.78 is 0. The molecule has 2 N–H and O–H groups in total. The number of carbonyl (C=O) groups is 2. The summed E-state index contributed by atoms with van der Waals surface area (Å²) in [5, 5.41) is 18.6. The van der Waals surface area contributed by atoms with E-state index >= 15 is 0 Å². The average molecular weight is 589 g/mol. The Morgan fingerprint density at radius 2 is 1.63 bits per heavy atom. The van der Waals surface area contributed by atoms with Crippen LogP contribution in [0.4, 0.5) is 0 Å². The number of piperidine rings is 1. The zero-order chi connectivity index (χ0) is 30.3. The number of nitrogens with zero attached hydrogens (tertiary/aromatic N) is 3. The molecule has 0 aromatic heterocycles. The van der Waals surface area contributed by atoms with Gasteiger partial charge in [-0.25, -0.2) is 0 Å². The largest absolute Gasteiger partial charge is 0.396 e. The molecule has 0 unspecified atom stereocenters. The van der Waals surface area contributed by atoms with Gasteiger partial charge < -0.3 is 20.2 Å². The predicted octanol–water partition coefficient (Wildman–Crippen LogP) is 5.02. The van der Waals surface area contributed by atoms with Crippen LogP contribution in [0.15, 0.2) is 59.8 Å². The zero-order valence-electron chi connectivity index (χ0n) is 25.9. The highest BCUT2D eigenvalue weighted by Crippen LogP contribution is 2.37. The molecule has 0 bridgehead atoms. The summed E-state index contributed by atoms with van der Waals surface area (Å²) in [5.41, 5.74) is 2.34. The molecular weight excluding hydrogens is 540 g/mol. The third kappa shape index (κ3) is 7.13. The molecule has 2 aromatic carbocycles. The lowest BCUT2D eigenvalue weighted by molar-refractivity contribution is -0.163. The second kappa shape index (κ2) is 14.0. The molecule has 2 saturated heterocycles. The Balaban J connectivity index is 1.24. The number of hydrogen-bond acceptors (Lipinski definition) is 6. The van der Waals surface area contributed by atoms with Crippen LogP contribution in [0, 0.1) is 0 Å². The summed E-state index contributed by atoms with van der Waals surface area (Å²) in [7, 11) is 0. The van der Waals surface area contributed by atoms with Crippen molar-refractivity contribution in [2.24, 2.45) is 5.16 Å². The highest BCUT2D eigenvalue weighted by atomic mass is 16.6. The van der Waals surface area contributed by atoms with Gasteiger partial charge in [0.2, 0.25) is 11.8 Å². The van der Waals surface area contributed by atoms with Crippen LogP contribution in [0.2, 0.25) is 0 Å². The number of unbranched alkanes of at least 4 members (excludes halogenated alkanes) is 1. The number of aliphatic hydroxyl groups is 1. The molecule has 8 heteroatoms. The van der Waals surface area contributed by atoms with E-state index in [4.69, 9.17) is 4.84 Å². The van der Waals surface area contributed by atoms with Crippen molar-refractivity contribution in [3.05, 3.63) is 71.3 Å². The van der Waals surface area contributed by atoms with Gasteiger partial charge in [-0.05, 0) is 44.6 Å². The fraction of sp³-hybridized carbons (Fsp3) is 0.571. The molecule has 1 spiro atoms. The number of rotatable bonds is 11. The number of carbonyl (C=O) groups excluding carboxylic acids is 2. The van der Waals surface area contributed by atoms with E-state index < -0.39 is 17.2 Å². The summed E-state index contributed by atoms with van der Waals surface area (Å²) in [6.07, 6.45) is 7.85. The van der Waals surface area contributed by atoms with Gasteiger partial charge in [-0.15, -0.1) is 0 Å². The van der Waals surface area contributed by atoms with Crippen molar-refractivity contribution in [3.8, 4) is 0 Å². The number of oxime groups is 1. The van der Waals surface area contributed by atoms with Crippen molar-refractivity contribution in [1.29, 1.82) is 0 Å². The predicted molar refractivity (Wildman–Crippen MR) is 169 cm³/mol. The molecular formula is C35H48N4O4. The van der Waals surface area contributed by atoms with Crippen LogP contribution < -0.4 is 5.32 Å². The molecule has 2 amide bonds. The van der Waals surface area contributed by atoms with Crippen LogP contribution in [0.5, 0.6) is 0 Å². The number of nitrogens with one attached hydrogen (secondary N) is 1. The first-order valence-corrected chi connectivity index (χ1v) is 16.3. The maximum Gasteiger partial charge on any atom is 0.246 e. The van der Waals surface area contributed by atoms with Gasteiger partial charge >= 0.3 is 0 Å². The molecule has 43 heavy (non-hydrogen) atoms. The van der Waals surface area contributed by atoms with Crippen molar-refractivity contribution in [2.45, 2.75) is 102 Å². The molecule has 0 radical (unpaired) electrons. The van der Waals surface area contributed by atoms with E-state index in [0.29, 0.717) is 45.3 Å². The van der Waals surface area contributed by atoms with E-state index in [1.54, 1.807) is 0 Å². The summed E-state index contributed by atoms with van der Waals surface area (Å²) in [4.78, 5) is 37.3. The Kier molecular flexibility index (Phi) is 10.2. The smallest absolute Gasteiger partial charge is 0.246 e. The molecule has 8 nitrogen and oxygen atoms in total. The summed E-state index contributed by atoms with van der Waals surface area (Å²) in [5.74, 6) is -0.0577. The lowest BCUT2D eigenvalue weighted by Crippen LogP contribution is -2.73. The van der Waals surface area contributed by atoms with Gasteiger partial charge in [0.1, 0.15) is 23.9 Å². The van der Waals surface area contributed by atoms with Crippen LogP contribution in [0.3, 0.4) is 0 Å². The summed E-state index contributed by atoms with van der Waals surface area (Å²) in [6, 6.07) is 17.9. The lowest BCUT2D eigenvalue weighted by atomic mass is 9.77. The minimum Gasteiger partial charge on any atom is -0.396 e. The quantitative estimate of drug-likeness (QED) is 0.284. The fourth-order valence-corrected chi connectivity index (χ4v) is 7.05. The first kappa shape index (κ1) is 31.2. The van der Waals surface area contributed by atoms with Crippen LogP contribution in [0.25, 0.3) is 0 Å². The Hall–Kier alpha value is -3.23. The standard InChI is InChI=1S/C35H48N4O4/c1-3-5-22-39-32(40)30(25-34(42)18-10-7-11-19-34)36-33(41)35(39)20-23-38(24-21-35)26-27-14-16-29(17-15-27)31(37-43-4-2)28-12-8-6-9-13-28/h6,8-9,12-17,30,42H,3-5,7,10-11,18-26H2,1-2H3,(H,36,41)/t30-/m1/s1. The van der Waals surface area contributed by atoms with Crippen molar-refractivity contribution < 1.29 is 19.5 Å². The topological polar surface area (TPSA) is 94.5 Å². The van der Waals surface area contributed by atoms with Crippen LogP contribution in [0.1, 0.15) is 94.7 Å². The minimum atomic E-state index is -0.859. The molecule has 2 aromatic rings. The summed E-state index contributed by atoms with van der Waals surface area (Å²) in [6.45, 7) is 7.39. The molecule has 5 rings (SSSR count). The lowest BCUT2D eigenvalue weighted by Gasteiger charge is -2.52. The second-order valence-electron chi connectivity index (χ2n) is 12.6. The van der Waals surface area contributed by atoms with Crippen molar-refractivity contribution >= 4 is 17.5 Å². The molecule has 1 atom stereocenters. The van der Waals surface area contributed by atoms with Gasteiger partial charge in [0, 0.05) is 43.7 Å². The molecule has 2 aliphatic heterocycles. The van der Waals surface area contributed by atoms with Gasteiger partial charge in [-0.1, -0.05) is 92.4 Å². The average Bonchev–Trinajstić information content (AvgIpc) is 3.02. The number of benzene rings is 2. The first-order chi connectivity index (χ1) is 20.9. The van der Waals surface area contributed by atoms with E-state index in [2.05, 4.69) is 46.6 Å². The van der Waals surface area contributed by atoms with Gasteiger partial charge in [-0.3, -0.25) is 14.5 Å². The van der Waals surface area contributed by atoms with E-state index in [-0.39, 0.29) is 11.8 Å². The highest BCUT2D eigenvalue weighted by molar-refractivity contribution is 6.12. The Morgan fingerprint density at radius 1 is 0.953 bits per heavy atom. The van der Waals surface area contributed by atoms with Crippen LogP contribution in [-0.2, 0) is 21.0 Å². The van der Waals surface area contributed by atoms with E-state index in [9.17, 15) is 14.7 Å². The van der Waals surface area contributed by atoms with Gasteiger partial charge in [0.25, 0.3) is 0 Å².